The van der Waals surface area contributed by atoms with Crippen molar-refractivity contribution in [2.45, 2.75) is 43.8 Å². The zero-order valence-corrected chi connectivity index (χ0v) is 20.7. The van der Waals surface area contributed by atoms with E-state index in [1.165, 1.54) is 11.8 Å². The number of amides is 1. The number of thioether (sulfide) groups is 1. The summed E-state index contributed by atoms with van der Waals surface area (Å²) in [6, 6.07) is 23.6. The maximum atomic E-state index is 13.6. The third-order valence-electron chi connectivity index (χ3n) is 5.96. The predicted molar refractivity (Wildman–Crippen MR) is 138 cm³/mol. The standard InChI is InChI=1S/C27H27N5O2S/c1-17-10-13-20(14-11-17)24-25(26(33)28-22-15-18(2)9-12-19(22)3)35-27-30-29-23(32(27)31-24)16-34-21-7-5-4-6-8-21/h4-15,24-25,31H,16H2,1-3H3,(H,28,33)/t24-,25+/m0/s1. The summed E-state index contributed by atoms with van der Waals surface area (Å²) in [7, 11) is 0. The number of hydrogen-bond acceptors (Lipinski definition) is 6. The molecule has 0 spiro atoms. The van der Waals surface area contributed by atoms with Crippen LogP contribution in [0.25, 0.3) is 0 Å². The van der Waals surface area contributed by atoms with E-state index < -0.39 is 5.25 Å². The van der Waals surface area contributed by atoms with Crippen molar-refractivity contribution < 1.29 is 9.53 Å². The van der Waals surface area contributed by atoms with Crippen molar-refractivity contribution in [1.29, 1.82) is 0 Å². The molecule has 0 bridgehead atoms. The van der Waals surface area contributed by atoms with Crippen molar-refractivity contribution >= 4 is 23.4 Å². The molecule has 1 amide bonds. The second kappa shape index (κ2) is 9.84. The molecular weight excluding hydrogens is 458 g/mol. The Hall–Kier alpha value is -3.78. The van der Waals surface area contributed by atoms with Crippen LogP contribution in [0.3, 0.4) is 0 Å². The Morgan fingerprint density at radius 1 is 1.00 bits per heavy atom. The van der Waals surface area contributed by atoms with Crippen molar-refractivity contribution in [2.75, 3.05) is 10.7 Å². The first-order chi connectivity index (χ1) is 17.0. The average molecular weight is 486 g/mol. The molecule has 35 heavy (non-hydrogen) atoms. The molecule has 0 radical (unpaired) electrons. The number of nitrogens with one attached hydrogen (secondary N) is 2. The molecule has 1 aromatic heterocycles. The van der Waals surface area contributed by atoms with Gasteiger partial charge < -0.3 is 15.5 Å². The summed E-state index contributed by atoms with van der Waals surface area (Å²) >= 11 is 1.40. The van der Waals surface area contributed by atoms with E-state index in [0.29, 0.717) is 11.0 Å². The Kier molecular flexibility index (Phi) is 6.46. The minimum atomic E-state index is -0.447. The zero-order chi connectivity index (χ0) is 24.4. The second-order valence-electron chi connectivity index (χ2n) is 8.70. The number of benzene rings is 3. The lowest BCUT2D eigenvalue weighted by molar-refractivity contribution is -0.116. The van der Waals surface area contributed by atoms with Gasteiger partial charge in [0.15, 0.2) is 5.82 Å². The first kappa shape index (κ1) is 23.0. The lowest BCUT2D eigenvalue weighted by atomic mass is 10.0. The van der Waals surface area contributed by atoms with Gasteiger partial charge in [-0.05, 0) is 55.7 Å². The lowest BCUT2D eigenvalue weighted by Gasteiger charge is -2.33. The van der Waals surface area contributed by atoms with Gasteiger partial charge in [-0.1, -0.05) is 71.9 Å². The molecule has 1 aliphatic rings. The first-order valence-electron chi connectivity index (χ1n) is 11.5. The Balaban J connectivity index is 1.43. The summed E-state index contributed by atoms with van der Waals surface area (Å²) in [5, 5.41) is 12.0. The highest BCUT2D eigenvalue weighted by atomic mass is 32.2. The molecule has 0 aliphatic carbocycles. The van der Waals surface area contributed by atoms with Crippen LogP contribution in [-0.4, -0.2) is 26.0 Å². The molecule has 5 rings (SSSR count). The van der Waals surface area contributed by atoms with Crippen LogP contribution in [0.15, 0.2) is 78.0 Å². The Morgan fingerprint density at radius 3 is 2.51 bits per heavy atom. The molecule has 2 N–H and O–H groups in total. The first-order valence-corrected chi connectivity index (χ1v) is 12.4. The summed E-state index contributed by atoms with van der Waals surface area (Å²) in [6.45, 7) is 6.32. The molecule has 0 saturated heterocycles. The molecule has 3 aromatic carbocycles. The second-order valence-corrected chi connectivity index (χ2v) is 9.81. The van der Waals surface area contributed by atoms with Crippen LogP contribution in [0.2, 0.25) is 0 Å². The number of carbonyl (C=O) groups excluding carboxylic acids is 1. The fourth-order valence-electron chi connectivity index (χ4n) is 3.96. The Morgan fingerprint density at radius 2 is 1.74 bits per heavy atom. The zero-order valence-electron chi connectivity index (χ0n) is 19.9. The van der Waals surface area contributed by atoms with Crippen LogP contribution in [0.1, 0.15) is 34.1 Å². The fourth-order valence-corrected chi connectivity index (χ4v) is 5.05. The topological polar surface area (TPSA) is 81.1 Å². The largest absolute Gasteiger partial charge is 0.486 e. The smallest absolute Gasteiger partial charge is 0.240 e. The molecule has 178 valence electrons. The SMILES string of the molecule is Cc1ccc([C@@H]2Nn3c(COc4ccccc4)nnc3S[C@H]2C(=O)Nc2cc(C)ccc2C)cc1. The third-order valence-corrected chi connectivity index (χ3v) is 7.18. The average Bonchev–Trinajstić information content (AvgIpc) is 3.27. The van der Waals surface area contributed by atoms with E-state index in [1.54, 1.807) is 0 Å². The predicted octanol–water partition coefficient (Wildman–Crippen LogP) is 5.18. The van der Waals surface area contributed by atoms with Crippen LogP contribution < -0.4 is 15.5 Å². The van der Waals surface area contributed by atoms with E-state index in [4.69, 9.17) is 4.74 Å². The number of anilines is 1. The lowest BCUT2D eigenvalue weighted by Crippen LogP contribution is -2.41. The van der Waals surface area contributed by atoms with E-state index in [9.17, 15) is 4.79 Å². The molecule has 4 aromatic rings. The number of fused-ring (bicyclic) bond motifs is 1. The van der Waals surface area contributed by atoms with Crippen LogP contribution in [0.5, 0.6) is 5.75 Å². The maximum Gasteiger partial charge on any atom is 0.240 e. The normalized spacial score (nSPS) is 16.8. The number of carbonyl (C=O) groups is 1. The third kappa shape index (κ3) is 5.02. The summed E-state index contributed by atoms with van der Waals surface area (Å²) in [5.41, 5.74) is 8.60. The Labute approximate surface area is 208 Å². The summed E-state index contributed by atoms with van der Waals surface area (Å²) in [5.74, 6) is 1.31. The molecule has 8 heteroatoms. The highest BCUT2D eigenvalue weighted by molar-refractivity contribution is 8.00. The minimum absolute atomic E-state index is 0.0851. The van der Waals surface area contributed by atoms with Crippen molar-refractivity contribution in [1.82, 2.24) is 14.9 Å². The highest BCUT2D eigenvalue weighted by Gasteiger charge is 2.38. The van der Waals surface area contributed by atoms with Gasteiger partial charge in [0.25, 0.3) is 0 Å². The number of aromatic nitrogens is 3. The monoisotopic (exact) mass is 485 g/mol. The molecule has 7 nitrogen and oxygen atoms in total. The van der Waals surface area contributed by atoms with Crippen LogP contribution in [-0.2, 0) is 11.4 Å². The van der Waals surface area contributed by atoms with Crippen molar-refractivity contribution in [2.24, 2.45) is 0 Å². The number of para-hydroxylation sites is 1. The molecule has 0 saturated carbocycles. The summed E-state index contributed by atoms with van der Waals surface area (Å²) < 4.78 is 7.73. The maximum absolute atomic E-state index is 13.6. The highest BCUT2D eigenvalue weighted by Crippen LogP contribution is 2.38. The summed E-state index contributed by atoms with van der Waals surface area (Å²) in [6.07, 6.45) is 0. The van der Waals surface area contributed by atoms with Gasteiger partial charge in [-0.3, -0.25) is 4.79 Å². The number of rotatable bonds is 6. The number of aryl methyl sites for hydroxylation is 3. The van der Waals surface area contributed by atoms with Crippen LogP contribution in [0, 0.1) is 20.8 Å². The van der Waals surface area contributed by atoms with Crippen molar-refractivity contribution in [3.8, 4) is 5.75 Å². The summed E-state index contributed by atoms with van der Waals surface area (Å²) in [4.78, 5) is 13.6. The fraction of sp³-hybridized carbons (Fsp3) is 0.222. The van der Waals surface area contributed by atoms with Gasteiger partial charge in [0.1, 0.15) is 17.6 Å². The number of ether oxygens (including phenoxy) is 1. The van der Waals surface area contributed by atoms with Gasteiger partial charge in [0.05, 0.1) is 6.04 Å². The van der Waals surface area contributed by atoms with Crippen LogP contribution in [0.4, 0.5) is 5.69 Å². The van der Waals surface area contributed by atoms with Gasteiger partial charge in [-0.25, -0.2) is 4.68 Å². The van der Waals surface area contributed by atoms with E-state index in [2.05, 4.69) is 52.1 Å². The van der Waals surface area contributed by atoms with Gasteiger partial charge in [0.2, 0.25) is 11.1 Å². The van der Waals surface area contributed by atoms with Gasteiger partial charge in [0, 0.05) is 5.69 Å². The van der Waals surface area contributed by atoms with E-state index in [-0.39, 0.29) is 18.6 Å². The Bertz CT molecular complexity index is 1340. The molecule has 2 atom stereocenters. The van der Waals surface area contributed by atoms with E-state index >= 15 is 0 Å². The van der Waals surface area contributed by atoms with E-state index in [0.717, 1.165) is 33.7 Å². The molecule has 0 unspecified atom stereocenters. The molecular formula is C27H27N5O2S. The van der Waals surface area contributed by atoms with Gasteiger partial charge in [-0.2, -0.15) is 0 Å². The van der Waals surface area contributed by atoms with Gasteiger partial charge >= 0.3 is 0 Å². The van der Waals surface area contributed by atoms with Crippen molar-refractivity contribution in [3.63, 3.8) is 0 Å². The minimum Gasteiger partial charge on any atom is -0.486 e. The van der Waals surface area contributed by atoms with Crippen LogP contribution >= 0.6 is 11.8 Å². The molecule has 0 fully saturated rings. The quantitative estimate of drug-likeness (QED) is 0.392. The number of nitrogens with zero attached hydrogens (tertiary/aromatic N) is 3. The van der Waals surface area contributed by atoms with E-state index in [1.807, 2.05) is 67.1 Å². The number of hydrogen-bond donors (Lipinski definition) is 2. The molecule has 2 heterocycles. The van der Waals surface area contributed by atoms with Crippen molar-refractivity contribution in [3.05, 3.63) is 101 Å². The van der Waals surface area contributed by atoms with Gasteiger partial charge in [-0.15, -0.1) is 10.2 Å². The molecule has 1 aliphatic heterocycles.